The summed E-state index contributed by atoms with van der Waals surface area (Å²) in [6.07, 6.45) is 6.64. The summed E-state index contributed by atoms with van der Waals surface area (Å²) in [5.74, 6) is 0. The minimum absolute atomic E-state index is 0.383. The van der Waals surface area contributed by atoms with Crippen molar-refractivity contribution in [2.75, 3.05) is 6.54 Å². The van der Waals surface area contributed by atoms with Crippen molar-refractivity contribution >= 4 is 0 Å². The predicted molar refractivity (Wildman–Crippen MR) is 78.9 cm³/mol. The van der Waals surface area contributed by atoms with Gasteiger partial charge in [-0.15, -0.1) is 0 Å². The highest BCUT2D eigenvalue weighted by atomic mass is 15.3. The van der Waals surface area contributed by atoms with Gasteiger partial charge in [-0.3, -0.25) is 9.58 Å². The number of hydrogen-bond acceptors (Lipinski definition) is 3. The zero-order valence-electron chi connectivity index (χ0n) is 12.5. The normalized spacial score (nSPS) is 25.1. The van der Waals surface area contributed by atoms with E-state index in [1.54, 1.807) is 0 Å². The van der Waals surface area contributed by atoms with Crippen LogP contribution in [-0.2, 0) is 6.54 Å². The van der Waals surface area contributed by atoms with Gasteiger partial charge < -0.3 is 5.73 Å². The third kappa shape index (κ3) is 3.57. The van der Waals surface area contributed by atoms with Crippen molar-refractivity contribution < 1.29 is 0 Å². The largest absolute Gasteiger partial charge is 0.328 e. The Balaban J connectivity index is 1.96. The number of nitrogens with zero attached hydrogens (tertiary/aromatic N) is 3. The second-order valence-electron chi connectivity index (χ2n) is 5.86. The molecule has 0 radical (unpaired) electrons. The van der Waals surface area contributed by atoms with Crippen molar-refractivity contribution in [2.24, 2.45) is 5.73 Å². The zero-order chi connectivity index (χ0) is 13.8. The van der Waals surface area contributed by atoms with E-state index in [2.05, 4.69) is 42.6 Å². The van der Waals surface area contributed by atoms with Gasteiger partial charge in [0.1, 0.15) is 0 Å². The molecule has 2 rings (SSSR count). The molecule has 19 heavy (non-hydrogen) atoms. The summed E-state index contributed by atoms with van der Waals surface area (Å²) < 4.78 is 2.13. The Kier molecular flexibility index (Phi) is 4.99. The van der Waals surface area contributed by atoms with Crippen LogP contribution < -0.4 is 5.73 Å². The Hall–Kier alpha value is -0.870. The van der Waals surface area contributed by atoms with Crippen molar-refractivity contribution in [3.05, 3.63) is 18.0 Å². The van der Waals surface area contributed by atoms with Crippen LogP contribution in [0.1, 0.15) is 58.2 Å². The average Bonchev–Trinajstić information content (AvgIpc) is 2.83. The Bertz CT molecular complexity index is 383. The molecule has 1 aromatic rings. The number of likely N-dealkylation sites (tertiary alicyclic amines) is 1. The maximum Gasteiger partial charge on any atom is 0.0764 e. The van der Waals surface area contributed by atoms with Crippen molar-refractivity contribution in [1.82, 2.24) is 14.7 Å². The van der Waals surface area contributed by atoms with E-state index in [9.17, 15) is 0 Å². The fraction of sp³-hybridized carbons (Fsp3) is 0.800. The van der Waals surface area contributed by atoms with Crippen LogP contribution in [0.5, 0.6) is 0 Å². The lowest BCUT2D eigenvalue weighted by atomic mass is 9.99. The van der Waals surface area contributed by atoms with Crippen LogP contribution in [0.25, 0.3) is 0 Å². The first-order valence-corrected chi connectivity index (χ1v) is 7.67. The molecule has 0 saturated carbocycles. The Morgan fingerprint density at radius 3 is 2.79 bits per heavy atom. The monoisotopic (exact) mass is 264 g/mol. The lowest BCUT2D eigenvalue weighted by Gasteiger charge is -2.35. The smallest absolute Gasteiger partial charge is 0.0764 e. The SMILES string of the molecule is CCC(CC)n1ccc(CN2CCC(N)CC2C)n1. The van der Waals surface area contributed by atoms with E-state index < -0.39 is 0 Å². The lowest BCUT2D eigenvalue weighted by molar-refractivity contribution is 0.138. The summed E-state index contributed by atoms with van der Waals surface area (Å²) in [4.78, 5) is 2.50. The van der Waals surface area contributed by atoms with Crippen LogP contribution in [0.15, 0.2) is 12.3 Å². The number of nitrogens with two attached hydrogens (primary N) is 1. The van der Waals surface area contributed by atoms with Gasteiger partial charge >= 0.3 is 0 Å². The summed E-state index contributed by atoms with van der Waals surface area (Å²) in [6.45, 7) is 8.78. The number of piperidine rings is 1. The quantitative estimate of drug-likeness (QED) is 0.889. The fourth-order valence-electron chi connectivity index (χ4n) is 3.03. The van der Waals surface area contributed by atoms with Gasteiger partial charge in [-0.2, -0.15) is 5.10 Å². The van der Waals surface area contributed by atoms with Crippen LogP contribution in [-0.4, -0.2) is 33.3 Å². The molecule has 2 atom stereocenters. The topological polar surface area (TPSA) is 47.1 Å². The van der Waals surface area contributed by atoms with E-state index in [-0.39, 0.29) is 0 Å². The third-order valence-corrected chi connectivity index (χ3v) is 4.40. The van der Waals surface area contributed by atoms with Crippen molar-refractivity contribution in [3.63, 3.8) is 0 Å². The summed E-state index contributed by atoms with van der Waals surface area (Å²) in [5, 5.41) is 4.74. The molecule has 2 N–H and O–H groups in total. The van der Waals surface area contributed by atoms with Crippen molar-refractivity contribution in [2.45, 2.75) is 71.1 Å². The van der Waals surface area contributed by atoms with Crippen LogP contribution in [0.4, 0.5) is 0 Å². The summed E-state index contributed by atoms with van der Waals surface area (Å²) in [7, 11) is 0. The molecule has 1 aliphatic heterocycles. The molecule has 1 fully saturated rings. The minimum atomic E-state index is 0.383. The number of rotatable bonds is 5. The van der Waals surface area contributed by atoms with Crippen LogP contribution in [0.2, 0.25) is 0 Å². The van der Waals surface area contributed by atoms with Gasteiger partial charge in [0.05, 0.1) is 11.7 Å². The highest BCUT2D eigenvalue weighted by molar-refractivity contribution is 5.01. The first-order valence-electron chi connectivity index (χ1n) is 7.67. The molecule has 1 aromatic heterocycles. The molecular formula is C15H28N4. The molecule has 0 spiro atoms. The molecule has 0 aromatic carbocycles. The van der Waals surface area contributed by atoms with Crippen LogP contribution >= 0.6 is 0 Å². The van der Waals surface area contributed by atoms with Crippen LogP contribution in [0.3, 0.4) is 0 Å². The molecule has 2 unspecified atom stereocenters. The average molecular weight is 264 g/mol. The maximum atomic E-state index is 6.01. The molecule has 2 heterocycles. The second kappa shape index (κ2) is 6.53. The molecule has 0 aliphatic carbocycles. The lowest BCUT2D eigenvalue weighted by Crippen LogP contribution is -2.45. The van der Waals surface area contributed by atoms with E-state index in [4.69, 9.17) is 10.8 Å². The highest BCUT2D eigenvalue weighted by Crippen LogP contribution is 2.19. The Morgan fingerprint density at radius 2 is 2.16 bits per heavy atom. The van der Waals surface area contributed by atoms with Gasteiger partial charge in [0.15, 0.2) is 0 Å². The Labute approximate surface area is 117 Å². The molecule has 1 saturated heterocycles. The summed E-state index contributed by atoms with van der Waals surface area (Å²) in [6, 6.07) is 3.66. The molecule has 108 valence electrons. The molecule has 4 heteroatoms. The second-order valence-corrected chi connectivity index (χ2v) is 5.86. The Morgan fingerprint density at radius 1 is 1.42 bits per heavy atom. The molecular weight excluding hydrogens is 236 g/mol. The number of hydrogen-bond donors (Lipinski definition) is 1. The standard InChI is InChI=1S/C15H28N4/c1-4-15(5-2)19-9-7-14(17-19)11-18-8-6-13(16)10-12(18)3/h7,9,12-13,15H,4-6,8,10-11,16H2,1-3H3. The molecule has 1 aliphatic rings. The fourth-order valence-corrected chi connectivity index (χ4v) is 3.03. The predicted octanol–water partition coefficient (Wildman–Crippen LogP) is 2.56. The molecule has 0 bridgehead atoms. The first-order chi connectivity index (χ1) is 9.13. The van der Waals surface area contributed by atoms with Crippen molar-refractivity contribution in [1.29, 1.82) is 0 Å². The number of aromatic nitrogens is 2. The zero-order valence-corrected chi connectivity index (χ0v) is 12.5. The summed E-state index contributed by atoms with van der Waals surface area (Å²) in [5.41, 5.74) is 7.20. The first kappa shape index (κ1) is 14.5. The highest BCUT2D eigenvalue weighted by Gasteiger charge is 2.23. The van der Waals surface area contributed by atoms with Gasteiger partial charge in [0.2, 0.25) is 0 Å². The van der Waals surface area contributed by atoms with E-state index in [1.165, 1.54) is 5.69 Å². The van der Waals surface area contributed by atoms with E-state index in [0.29, 0.717) is 18.1 Å². The van der Waals surface area contributed by atoms with Gasteiger partial charge in [-0.25, -0.2) is 0 Å². The van der Waals surface area contributed by atoms with Gasteiger partial charge in [-0.05, 0) is 38.7 Å². The molecule has 4 nitrogen and oxygen atoms in total. The van der Waals surface area contributed by atoms with Crippen LogP contribution in [0, 0.1) is 0 Å². The third-order valence-electron chi connectivity index (χ3n) is 4.40. The van der Waals surface area contributed by atoms with E-state index >= 15 is 0 Å². The minimum Gasteiger partial charge on any atom is -0.328 e. The van der Waals surface area contributed by atoms with Gasteiger partial charge in [-0.1, -0.05) is 13.8 Å². The van der Waals surface area contributed by atoms with Gasteiger partial charge in [0, 0.05) is 31.4 Å². The van der Waals surface area contributed by atoms with Crippen molar-refractivity contribution in [3.8, 4) is 0 Å². The van der Waals surface area contributed by atoms with E-state index in [0.717, 1.165) is 38.8 Å². The van der Waals surface area contributed by atoms with Gasteiger partial charge in [0.25, 0.3) is 0 Å². The molecule has 0 amide bonds. The van der Waals surface area contributed by atoms with E-state index in [1.807, 2.05) is 0 Å². The summed E-state index contributed by atoms with van der Waals surface area (Å²) >= 11 is 0. The maximum absolute atomic E-state index is 6.01.